The minimum Gasteiger partial charge on any atom is -0.383 e. The summed E-state index contributed by atoms with van der Waals surface area (Å²) >= 11 is 9.45. The molecule has 3 rings (SSSR count). The van der Waals surface area contributed by atoms with E-state index in [1.54, 1.807) is 30.3 Å². The van der Waals surface area contributed by atoms with Crippen molar-refractivity contribution in [3.8, 4) is 0 Å². The van der Waals surface area contributed by atoms with Gasteiger partial charge < -0.3 is 5.32 Å². The van der Waals surface area contributed by atoms with Gasteiger partial charge >= 0.3 is 0 Å². The summed E-state index contributed by atoms with van der Waals surface area (Å²) in [5.41, 5.74) is 1.79. The highest BCUT2D eigenvalue weighted by atomic mass is 79.9. The maximum Gasteiger partial charge on any atom is 0.261 e. The molecule has 2 aromatic carbocycles. The van der Waals surface area contributed by atoms with Gasteiger partial charge in [-0.1, -0.05) is 47.4 Å². The van der Waals surface area contributed by atoms with Crippen LogP contribution in [0, 0.1) is 5.92 Å². The van der Waals surface area contributed by atoms with Crippen molar-refractivity contribution in [3.05, 3.63) is 46.0 Å². The van der Waals surface area contributed by atoms with E-state index in [0.717, 1.165) is 6.54 Å². The van der Waals surface area contributed by atoms with Crippen LogP contribution in [0.25, 0.3) is 10.9 Å². The molecule has 0 bridgehead atoms. The fourth-order valence-electron chi connectivity index (χ4n) is 2.44. The van der Waals surface area contributed by atoms with E-state index in [1.807, 2.05) is 0 Å². The molecular formula is C17H18BrClN4O2S. The summed E-state index contributed by atoms with van der Waals surface area (Å²) in [6.07, 6.45) is 0. The zero-order valence-corrected chi connectivity index (χ0v) is 17.3. The van der Waals surface area contributed by atoms with Gasteiger partial charge in [-0.05, 0) is 36.2 Å². The summed E-state index contributed by atoms with van der Waals surface area (Å²) < 4.78 is 28.7. The van der Waals surface area contributed by atoms with Gasteiger partial charge in [0.2, 0.25) is 0 Å². The summed E-state index contributed by atoms with van der Waals surface area (Å²) in [6, 6.07) is 9.90. The monoisotopic (exact) mass is 456 g/mol. The van der Waals surface area contributed by atoms with Crippen LogP contribution in [0.4, 0.5) is 11.4 Å². The molecule has 26 heavy (non-hydrogen) atoms. The van der Waals surface area contributed by atoms with Crippen LogP contribution in [0.5, 0.6) is 0 Å². The summed E-state index contributed by atoms with van der Waals surface area (Å²) in [6.45, 7) is 4.89. The van der Waals surface area contributed by atoms with Gasteiger partial charge in [0.05, 0.1) is 16.3 Å². The van der Waals surface area contributed by atoms with Crippen molar-refractivity contribution < 1.29 is 8.42 Å². The first-order valence-corrected chi connectivity index (χ1v) is 10.6. The maximum absolute atomic E-state index is 12.7. The van der Waals surface area contributed by atoms with Gasteiger partial charge in [0, 0.05) is 16.4 Å². The van der Waals surface area contributed by atoms with E-state index >= 15 is 0 Å². The first kappa shape index (κ1) is 19.0. The van der Waals surface area contributed by atoms with Gasteiger partial charge in [-0.3, -0.25) is 9.82 Å². The van der Waals surface area contributed by atoms with Crippen molar-refractivity contribution in [2.45, 2.75) is 18.7 Å². The molecule has 138 valence electrons. The molecular weight excluding hydrogens is 440 g/mol. The lowest BCUT2D eigenvalue weighted by atomic mass is 10.2. The van der Waals surface area contributed by atoms with Crippen molar-refractivity contribution in [2.75, 3.05) is 16.6 Å². The Hall–Kier alpha value is -1.77. The van der Waals surface area contributed by atoms with Crippen molar-refractivity contribution in [1.29, 1.82) is 0 Å². The lowest BCUT2D eigenvalue weighted by Crippen LogP contribution is -2.14. The predicted molar refractivity (Wildman–Crippen MR) is 109 cm³/mol. The SMILES string of the molecule is CC(C)CNc1cc(NS(=O)(=O)c2cccc(Br)c2)cc2c(Cl)[nH]nc12. The van der Waals surface area contributed by atoms with Gasteiger partial charge in [-0.25, -0.2) is 8.42 Å². The third-order valence-electron chi connectivity index (χ3n) is 3.67. The molecule has 1 heterocycles. The van der Waals surface area contributed by atoms with E-state index in [0.29, 0.717) is 37.8 Å². The van der Waals surface area contributed by atoms with E-state index < -0.39 is 10.0 Å². The van der Waals surface area contributed by atoms with E-state index in [4.69, 9.17) is 11.6 Å². The molecule has 0 aliphatic carbocycles. The summed E-state index contributed by atoms with van der Waals surface area (Å²) in [5.74, 6) is 0.418. The van der Waals surface area contributed by atoms with Crippen LogP contribution in [-0.4, -0.2) is 25.2 Å². The normalized spacial score (nSPS) is 11.9. The van der Waals surface area contributed by atoms with Crippen LogP contribution in [-0.2, 0) is 10.0 Å². The molecule has 1 aromatic heterocycles. The molecule has 0 saturated heterocycles. The first-order valence-electron chi connectivity index (χ1n) is 7.96. The lowest BCUT2D eigenvalue weighted by molar-refractivity contribution is 0.601. The van der Waals surface area contributed by atoms with Crippen LogP contribution in [0.1, 0.15) is 13.8 Å². The number of hydrogen-bond acceptors (Lipinski definition) is 4. The second-order valence-electron chi connectivity index (χ2n) is 6.30. The zero-order chi connectivity index (χ0) is 18.9. The standard InChI is InChI=1S/C17H18BrClN4O2S/c1-10(2)9-20-15-8-12(7-14-16(15)21-22-17(14)19)23-26(24,25)13-5-3-4-11(18)6-13/h3-8,10,20,23H,9H2,1-2H3,(H,21,22). The molecule has 0 fully saturated rings. The first-order chi connectivity index (χ1) is 12.3. The summed E-state index contributed by atoms with van der Waals surface area (Å²) in [4.78, 5) is 0.168. The fourth-order valence-corrected chi connectivity index (χ4v) is 4.27. The number of anilines is 2. The highest BCUT2D eigenvalue weighted by molar-refractivity contribution is 9.10. The van der Waals surface area contributed by atoms with Gasteiger partial charge in [0.25, 0.3) is 10.0 Å². The molecule has 0 unspecified atom stereocenters. The van der Waals surface area contributed by atoms with Gasteiger partial charge in [-0.15, -0.1) is 0 Å². The minimum atomic E-state index is -3.73. The van der Waals surface area contributed by atoms with E-state index in [9.17, 15) is 8.42 Å². The second kappa shape index (κ2) is 7.46. The second-order valence-corrected chi connectivity index (χ2v) is 9.27. The largest absolute Gasteiger partial charge is 0.383 e. The van der Waals surface area contributed by atoms with Crippen LogP contribution in [0.3, 0.4) is 0 Å². The Morgan fingerprint density at radius 1 is 1.27 bits per heavy atom. The Morgan fingerprint density at radius 3 is 2.73 bits per heavy atom. The predicted octanol–water partition coefficient (Wildman–Crippen LogP) is 4.85. The lowest BCUT2D eigenvalue weighted by Gasteiger charge is -2.13. The smallest absolute Gasteiger partial charge is 0.261 e. The molecule has 3 N–H and O–H groups in total. The van der Waals surface area contributed by atoms with E-state index in [1.165, 1.54) is 6.07 Å². The molecule has 3 aromatic rings. The number of H-pyrrole nitrogens is 1. The number of aromatic nitrogens is 2. The van der Waals surface area contributed by atoms with Crippen LogP contribution in [0.15, 0.2) is 45.8 Å². The summed E-state index contributed by atoms with van der Waals surface area (Å²) in [5, 5.41) is 11.2. The van der Waals surface area contributed by atoms with Gasteiger partial charge in [-0.2, -0.15) is 5.10 Å². The molecule has 0 radical (unpaired) electrons. The maximum atomic E-state index is 12.7. The average Bonchev–Trinajstić information content (AvgIpc) is 2.94. The van der Waals surface area contributed by atoms with Crippen molar-refractivity contribution in [3.63, 3.8) is 0 Å². The molecule has 0 amide bonds. The van der Waals surface area contributed by atoms with Crippen LogP contribution in [0.2, 0.25) is 5.15 Å². The molecule has 6 nitrogen and oxygen atoms in total. The fraction of sp³-hybridized carbons (Fsp3) is 0.235. The Morgan fingerprint density at radius 2 is 2.04 bits per heavy atom. The molecule has 0 spiro atoms. The number of benzene rings is 2. The molecule has 0 atom stereocenters. The quantitative estimate of drug-likeness (QED) is 0.494. The van der Waals surface area contributed by atoms with Crippen molar-refractivity contribution in [2.24, 2.45) is 5.92 Å². The Labute approximate surface area is 165 Å². The number of nitrogens with one attached hydrogen (secondary N) is 3. The highest BCUT2D eigenvalue weighted by Gasteiger charge is 2.17. The number of sulfonamides is 1. The molecule has 0 aliphatic heterocycles. The number of nitrogens with zero attached hydrogens (tertiary/aromatic N) is 1. The molecule has 0 aliphatic rings. The number of halogens is 2. The van der Waals surface area contributed by atoms with E-state index in [2.05, 4.69) is 50.0 Å². The molecule has 0 saturated carbocycles. The van der Waals surface area contributed by atoms with Crippen LogP contribution < -0.4 is 10.0 Å². The summed E-state index contributed by atoms with van der Waals surface area (Å²) in [7, 11) is -3.73. The van der Waals surface area contributed by atoms with Crippen molar-refractivity contribution in [1.82, 2.24) is 10.2 Å². The number of rotatable bonds is 6. The van der Waals surface area contributed by atoms with Crippen LogP contribution >= 0.6 is 27.5 Å². The Kier molecular flexibility index (Phi) is 5.45. The third kappa shape index (κ3) is 4.13. The average molecular weight is 458 g/mol. The molecule has 9 heteroatoms. The van der Waals surface area contributed by atoms with Gasteiger partial charge in [0.1, 0.15) is 10.7 Å². The van der Waals surface area contributed by atoms with E-state index in [-0.39, 0.29) is 4.90 Å². The third-order valence-corrected chi connectivity index (χ3v) is 5.83. The minimum absolute atomic E-state index is 0.168. The number of hydrogen-bond donors (Lipinski definition) is 3. The highest BCUT2D eigenvalue weighted by Crippen LogP contribution is 2.32. The van der Waals surface area contributed by atoms with Gasteiger partial charge in [0.15, 0.2) is 0 Å². The number of fused-ring (bicyclic) bond motifs is 1. The van der Waals surface area contributed by atoms with Crippen molar-refractivity contribution >= 4 is 59.8 Å². The zero-order valence-electron chi connectivity index (χ0n) is 14.2. The Bertz CT molecular complexity index is 1050. The Balaban J connectivity index is 2.00. The topological polar surface area (TPSA) is 86.9 Å². The number of aromatic amines is 1.